The predicted molar refractivity (Wildman–Crippen MR) is 78.2 cm³/mol. The minimum absolute atomic E-state index is 0.0419. The summed E-state index contributed by atoms with van der Waals surface area (Å²) in [7, 11) is 1.50. The van der Waals surface area contributed by atoms with E-state index >= 15 is 0 Å². The van der Waals surface area contributed by atoms with Crippen LogP contribution in [0.15, 0.2) is 23.1 Å². The van der Waals surface area contributed by atoms with Crippen molar-refractivity contribution in [1.29, 1.82) is 0 Å². The van der Waals surface area contributed by atoms with Crippen molar-refractivity contribution in [3.8, 4) is 5.75 Å². The van der Waals surface area contributed by atoms with Gasteiger partial charge >= 0.3 is 5.97 Å². The molecule has 0 spiro atoms. The smallest absolute Gasteiger partial charge is 0.313 e. The van der Waals surface area contributed by atoms with Crippen molar-refractivity contribution in [3.05, 3.63) is 23.8 Å². The van der Waals surface area contributed by atoms with Crippen LogP contribution in [0.5, 0.6) is 5.75 Å². The lowest BCUT2D eigenvalue weighted by Crippen LogP contribution is -2.23. The molecule has 7 heteroatoms. The van der Waals surface area contributed by atoms with Gasteiger partial charge in [0.05, 0.1) is 24.0 Å². The van der Waals surface area contributed by atoms with E-state index in [0.717, 1.165) is 12.8 Å². The number of esters is 1. The predicted octanol–water partition coefficient (Wildman–Crippen LogP) is 2.82. The molecular formula is C14H17ClO5S. The molecule has 2 rings (SSSR count). The van der Waals surface area contributed by atoms with Crippen molar-refractivity contribution in [2.45, 2.75) is 37.0 Å². The van der Waals surface area contributed by atoms with Gasteiger partial charge < -0.3 is 9.47 Å². The van der Waals surface area contributed by atoms with E-state index in [4.69, 9.17) is 20.2 Å². The summed E-state index contributed by atoms with van der Waals surface area (Å²) in [5, 5.41) is 0. The van der Waals surface area contributed by atoms with E-state index in [2.05, 4.69) is 0 Å². The molecule has 1 aromatic carbocycles. The fourth-order valence-electron chi connectivity index (χ4n) is 2.19. The van der Waals surface area contributed by atoms with Gasteiger partial charge in [0.2, 0.25) is 0 Å². The maximum absolute atomic E-state index is 12.1. The van der Waals surface area contributed by atoms with E-state index in [-0.39, 0.29) is 10.9 Å². The number of ether oxygens (including phenoxy) is 2. The van der Waals surface area contributed by atoms with E-state index in [1.54, 1.807) is 0 Å². The number of rotatable bonds is 5. The lowest BCUT2D eigenvalue weighted by Gasteiger charge is -2.24. The lowest BCUT2D eigenvalue weighted by atomic mass is 9.93. The topological polar surface area (TPSA) is 69.7 Å². The van der Waals surface area contributed by atoms with Gasteiger partial charge in [0, 0.05) is 16.2 Å². The van der Waals surface area contributed by atoms with Gasteiger partial charge in [-0.2, -0.15) is 0 Å². The van der Waals surface area contributed by atoms with Gasteiger partial charge in [0.25, 0.3) is 9.05 Å². The van der Waals surface area contributed by atoms with Crippen LogP contribution in [-0.2, 0) is 18.6 Å². The molecule has 1 aliphatic rings. The first-order chi connectivity index (χ1) is 9.93. The number of carbonyl (C=O) groups is 1. The highest BCUT2D eigenvalue weighted by molar-refractivity contribution is 8.13. The molecule has 0 N–H and O–H groups in total. The van der Waals surface area contributed by atoms with Crippen LogP contribution in [0.4, 0.5) is 0 Å². The van der Waals surface area contributed by atoms with E-state index < -0.39 is 15.0 Å². The minimum atomic E-state index is -3.84. The standard InChI is InChI=1S/C14H17ClO5S/c1-2-3-7-20-14(16)11-6-8-19-13-5-4-10(9-12(11)13)21(15,17)18/h4-5,9,11H,2-3,6-8H2,1H3. The van der Waals surface area contributed by atoms with Gasteiger partial charge in [-0.1, -0.05) is 13.3 Å². The van der Waals surface area contributed by atoms with Crippen LogP contribution in [0.25, 0.3) is 0 Å². The molecule has 0 fully saturated rings. The van der Waals surface area contributed by atoms with E-state index in [9.17, 15) is 13.2 Å². The zero-order valence-electron chi connectivity index (χ0n) is 11.7. The van der Waals surface area contributed by atoms with Crippen LogP contribution in [0.2, 0.25) is 0 Å². The Balaban J connectivity index is 2.26. The number of hydrogen-bond acceptors (Lipinski definition) is 5. The number of fused-ring (bicyclic) bond motifs is 1. The first-order valence-electron chi connectivity index (χ1n) is 6.81. The van der Waals surface area contributed by atoms with Gasteiger partial charge in [-0.05, 0) is 31.0 Å². The molecule has 1 unspecified atom stereocenters. The summed E-state index contributed by atoms with van der Waals surface area (Å²) in [6.07, 6.45) is 2.20. The molecule has 0 saturated heterocycles. The second kappa shape index (κ2) is 6.66. The largest absolute Gasteiger partial charge is 0.493 e. The normalized spacial score (nSPS) is 17.7. The highest BCUT2D eigenvalue weighted by Gasteiger charge is 2.30. The Bertz CT molecular complexity index is 626. The maximum atomic E-state index is 12.1. The summed E-state index contributed by atoms with van der Waals surface area (Å²) in [5.41, 5.74) is 0.518. The Labute approximate surface area is 128 Å². The van der Waals surface area contributed by atoms with Gasteiger partial charge in [-0.3, -0.25) is 4.79 Å². The molecular weight excluding hydrogens is 316 g/mol. The van der Waals surface area contributed by atoms with Crippen molar-refractivity contribution in [3.63, 3.8) is 0 Å². The Hall–Kier alpha value is -1.27. The van der Waals surface area contributed by atoms with Crippen molar-refractivity contribution < 1.29 is 22.7 Å². The molecule has 21 heavy (non-hydrogen) atoms. The third-order valence-electron chi connectivity index (χ3n) is 3.33. The lowest BCUT2D eigenvalue weighted by molar-refractivity contribution is -0.146. The zero-order valence-corrected chi connectivity index (χ0v) is 13.2. The van der Waals surface area contributed by atoms with Crippen LogP contribution in [0, 0.1) is 0 Å². The number of unbranched alkanes of at least 4 members (excludes halogenated alkanes) is 1. The Morgan fingerprint density at radius 2 is 2.24 bits per heavy atom. The van der Waals surface area contributed by atoms with Gasteiger partial charge in [0.15, 0.2) is 0 Å². The van der Waals surface area contributed by atoms with Crippen molar-refractivity contribution in [1.82, 2.24) is 0 Å². The average molecular weight is 333 g/mol. The van der Waals surface area contributed by atoms with Crippen molar-refractivity contribution in [2.75, 3.05) is 13.2 Å². The van der Waals surface area contributed by atoms with E-state index in [1.807, 2.05) is 6.92 Å². The first kappa shape index (κ1) is 16.1. The highest BCUT2D eigenvalue weighted by Crippen LogP contribution is 2.36. The van der Waals surface area contributed by atoms with E-state index in [1.165, 1.54) is 18.2 Å². The molecule has 0 aromatic heterocycles. The molecule has 1 aromatic rings. The second-order valence-electron chi connectivity index (χ2n) is 4.85. The summed E-state index contributed by atoms with van der Waals surface area (Å²) >= 11 is 0. The van der Waals surface area contributed by atoms with Crippen molar-refractivity contribution >= 4 is 25.7 Å². The SMILES string of the molecule is CCCCOC(=O)C1CCOc2ccc(S(=O)(=O)Cl)cc21. The quantitative estimate of drug-likeness (QED) is 0.471. The molecule has 0 saturated carbocycles. The van der Waals surface area contributed by atoms with Gasteiger partial charge in [-0.15, -0.1) is 0 Å². The van der Waals surface area contributed by atoms with E-state index in [0.29, 0.717) is 30.9 Å². The third kappa shape index (κ3) is 3.89. The summed E-state index contributed by atoms with van der Waals surface area (Å²) in [6.45, 7) is 2.78. The zero-order chi connectivity index (χ0) is 15.5. The average Bonchev–Trinajstić information content (AvgIpc) is 2.45. The van der Waals surface area contributed by atoms with Crippen LogP contribution >= 0.6 is 10.7 Å². The van der Waals surface area contributed by atoms with Crippen LogP contribution in [-0.4, -0.2) is 27.6 Å². The second-order valence-corrected chi connectivity index (χ2v) is 7.41. The van der Waals surface area contributed by atoms with Crippen LogP contribution < -0.4 is 4.74 Å². The number of carbonyl (C=O) groups excluding carboxylic acids is 1. The molecule has 0 amide bonds. The number of benzene rings is 1. The first-order valence-corrected chi connectivity index (χ1v) is 9.12. The summed E-state index contributed by atoms with van der Waals surface area (Å²) < 4.78 is 33.5. The molecule has 1 heterocycles. The fraction of sp³-hybridized carbons (Fsp3) is 0.500. The molecule has 0 bridgehead atoms. The highest BCUT2D eigenvalue weighted by atomic mass is 35.7. The molecule has 0 radical (unpaired) electrons. The Morgan fingerprint density at radius 3 is 2.90 bits per heavy atom. The maximum Gasteiger partial charge on any atom is 0.313 e. The number of halogens is 1. The van der Waals surface area contributed by atoms with Gasteiger partial charge in [-0.25, -0.2) is 8.42 Å². The number of hydrogen-bond donors (Lipinski definition) is 0. The minimum Gasteiger partial charge on any atom is -0.493 e. The van der Waals surface area contributed by atoms with Crippen LogP contribution in [0.1, 0.15) is 37.7 Å². The van der Waals surface area contributed by atoms with Gasteiger partial charge in [0.1, 0.15) is 5.75 Å². The molecule has 0 aliphatic carbocycles. The van der Waals surface area contributed by atoms with Crippen molar-refractivity contribution in [2.24, 2.45) is 0 Å². The summed E-state index contributed by atoms with van der Waals surface area (Å²) in [5.74, 6) is -0.358. The molecule has 1 aliphatic heterocycles. The Kier molecular flexibility index (Phi) is 5.11. The third-order valence-corrected chi connectivity index (χ3v) is 4.68. The monoisotopic (exact) mass is 332 g/mol. The fourth-order valence-corrected chi connectivity index (χ4v) is 2.97. The molecule has 5 nitrogen and oxygen atoms in total. The molecule has 1 atom stereocenters. The van der Waals surface area contributed by atoms with Crippen LogP contribution in [0.3, 0.4) is 0 Å². The summed E-state index contributed by atoms with van der Waals surface area (Å²) in [6, 6.07) is 4.28. The molecule has 116 valence electrons. The summed E-state index contributed by atoms with van der Waals surface area (Å²) in [4.78, 5) is 12.1. The Morgan fingerprint density at radius 1 is 1.48 bits per heavy atom.